The van der Waals surface area contributed by atoms with Gasteiger partial charge in [0.1, 0.15) is 6.10 Å². The lowest BCUT2D eigenvalue weighted by molar-refractivity contribution is -0.148. The zero-order valence-electron chi connectivity index (χ0n) is 21.3. The molecular formula is C28H38N2O4S. The summed E-state index contributed by atoms with van der Waals surface area (Å²) in [5.74, 6) is 1.55. The first-order chi connectivity index (χ1) is 16.5. The van der Waals surface area contributed by atoms with Crippen molar-refractivity contribution in [1.82, 2.24) is 4.83 Å². The predicted molar refractivity (Wildman–Crippen MR) is 136 cm³/mol. The van der Waals surface area contributed by atoms with Gasteiger partial charge in [-0.1, -0.05) is 43.2 Å². The van der Waals surface area contributed by atoms with Crippen LogP contribution in [0.15, 0.2) is 45.9 Å². The number of rotatable bonds is 4. The number of fused-ring (bicyclic) bond motifs is 5. The summed E-state index contributed by atoms with van der Waals surface area (Å²) in [7, 11) is -3.67. The van der Waals surface area contributed by atoms with Crippen LogP contribution in [0.2, 0.25) is 0 Å². The van der Waals surface area contributed by atoms with Crippen LogP contribution in [-0.4, -0.2) is 26.2 Å². The SMILES string of the molecule is CC(=O)O[C@H]1CC[C@@]2(C)C(=CC[C@@H]3[C@@H]2CC[C@]2(C)/C(=N/NS(=O)(=O)c4ccc(C)cc4)CC[C@@H]32)C1. The lowest BCUT2D eigenvalue weighted by atomic mass is 9.48. The number of aryl methyl sites for hydroxylation is 1. The second-order valence-electron chi connectivity index (χ2n) is 11.7. The molecule has 0 bridgehead atoms. The van der Waals surface area contributed by atoms with Gasteiger partial charge in [-0.15, -0.1) is 0 Å². The molecule has 4 aliphatic carbocycles. The number of carbonyl (C=O) groups is 1. The molecule has 3 saturated carbocycles. The summed E-state index contributed by atoms with van der Waals surface area (Å²) in [6.45, 7) is 8.18. The summed E-state index contributed by atoms with van der Waals surface area (Å²) in [4.78, 5) is 14.3. The number of hydrazone groups is 1. The van der Waals surface area contributed by atoms with Crippen LogP contribution in [0.3, 0.4) is 0 Å². The fourth-order valence-electron chi connectivity index (χ4n) is 7.82. The average molecular weight is 499 g/mol. The number of hydrogen-bond acceptors (Lipinski definition) is 5. The van der Waals surface area contributed by atoms with Crippen LogP contribution in [0.25, 0.3) is 0 Å². The maximum Gasteiger partial charge on any atom is 0.302 e. The third-order valence-electron chi connectivity index (χ3n) is 9.76. The van der Waals surface area contributed by atoms with Gasteiger partial charge in [0.25, 0.3) is 10.0 Å². The topological polar surface area (TPSA) is 84.8 Å². The number of sulfonamides is 1. The average Bonchev–Trinajstić information content (AvgIpc) is 3.14. The number of allylic oxidation sites excluding steroid dienone is 1. The smallest absolute Gasteiger partial charge is 0.302 e. The van der Waals surface area contributed by atoms with Crippen molar-refractivity contribution in [2.75, 3.05) is 0 Å². The molecule has 190 valence electrons. The Morgan fingerprint density at radius 1 is 1.06 bits per heavy atom. The quantitative estimate of drug-likeness (QED) is 0.336. The fraction of sp³-hybridized carbons (Fsp3) is 0.643. The number of carbonyl (C=O) groups excluding carboxylic acids is 1. The minimum atomic E-state index is -3.67. The molecule has 0 unspecified atom stereocenters. The van der Waals surface area contributed by atoms with Gasteiger partial charge >= 0.3 is 5.97 Å². The highest BCUT2D eigenvalue weighted by atomic mass is 32.2. The van der Waals surface area contributed by atoms with Crippen LogP contribution in [0.4, 0.5) is 0 Å². The molecule has 0 radical (unpaired) electrons. The molecule has 6 nitrogen and oxygen atoms in total. The second kappa shape index (κ2) is 8.75. The van der Waals surface area contributed by atoms with Crippen molar-refractivity contribution in [1.29, 1.82) is 0 Å². The molecule has 5 rings (SSSR count). The van der Waals surface area contributed by atoms with Crippen LogP contribution in [0.5, 0.6) is 0 Å². The molecule has 6 atom stereocenters. The van der Waals surface area contributed by atoms with Crippen LogP contribution in [0.1, 0.15) is 77.7 Å². The van der Waals surface area contributed by atoms with Crippen molar-refractivity contribution in [3.05, 3.63) is 41.5 Å². The Hall–Kier alpha value is -2.15. The number of hydrogen-bond donors (Lipinski definition) is 1. The van der Waals surface area contributed by atoms with E-state index in [1.165, 1.54) is 12.5 Å². The van der Waals surface area contributed by atoms with E-state index in [0.717, 1.165) is 62.6 Å². The van der Waals surface area contributed by atoms with Crippen LogP contribution in [0, 0.1) is 35.5 Å². The first-order valence-electron chi connectivity index (χ1n) is 13.1. The van der Waals surface area contributed by atoms with E-state index in [0.29, 0.717) is 17.8 Å². The fourth-order valence-corrected chi connectivity index (χ4v) is 8.65. The van der Waals surface area contributed by atoms with Gasteiger partial charge in [-0.25, -0.2) is 4.83 Å². The molecule has 0 saturated heterocycles. The Morgan fingerprint density at radius 3 is 2.46 bits per heavy atom. The molecule has 0 spiro atoms. The number of esters is 1. The summed E-state index contributed by atoms with van der Waals surface area (Å²) in [5.41, 5.74) is 3.63. The highest BCUT2D eigenvalue weighted by Gasteiger charge is 2.58. The van der Waals surface area contributed by atoms with Gasteiger partial charge in [0.15, 0.2) is 0 Å². The van der Waals surface area contributed by atoms with Crippen LogP contribution in [-0.2, 0) is 19.6 Å². The minimum absolute atomic E-state index is 0.0176. The van der Waals surface area contributed by atoms with E-state index in [4.69, 9.17) is 4.74 Å². The lowest BCUT2D eigenvalue weighted by Gasteiger charge is -2.57. The molecule has 1 aromatic rings. The monoisotopic (exact) mass is 498 g/mol. The first kappa shape index (κ1) is 24.5. The lowest BCUT2D eigenvalue weighted by Crippen LogP contribution is -2.50. The predicted octanol–water partition coefficient (Wildman–Crippen LogP) is 5.52. The van der Waals surface area contributed by atoms with Crippen molar-refractivity contribution in [2.24, 2.45) is 33.7 Å². The van der Waals surface area contributed by atoms with E-state index in [9.17, 15) is 13.2 Å². The molecule has 1 aromatic carbocycles. The molecule has 35 heavy (non-hydrogen) atoms. The Labute approximate surface area is 209 Å². The summed E-state index contributed by atoms with van der Waals surface area (Å²) >= 11 is 0. The van der Waals surface area contributed by atoms with Gasteiger partial charge in [0.05, 0.1) is 4.90 Å². The van der Waals surface area contributed by atoms with E-state index in [-0.39, 0.29) is 27.8 Å². The number of nitrogens with one attached hydrogen (secondary N) is 1. The van der Waals surface area contributed by atoms with Crippen LogP contribution >= 0.6 is 0 Å². The molecule has 1 N–H and O–H groups in total. The largest absolute Gasteiger partial charge is 0.462 e. The summed E-state index contributed by atoms with van der Waals surface area (Å²) < 4.78 is 31.2. The Balaban J connectivity index is 1.34. The van der Waals surface area contributed by atoms with E-state index >= 15 is 0 Å². The molecule has 0 heterocycles. The van der Waals surface area contributed by atoms with Crippen molar-refractivity contribution in [3.63, 3.8) is 0 Å². The van der Waals surface area contributed by atoms with E-state index < -0.39 is 10.0 Å². The van der Waals surface area contributed by atoms with Crippen molar-refractivity contribution in [3.8, 4) is 0 Å². The number of nitrogens with zero attached hydrogens (tertiary/aromatic N) is 1. The van der Waals surface area contributed by atoms with Crippen molar-refractivity contribution < 1.29 is 17.9 Å². The zero-order chi connectivity index (χ0) is 25.0. The van der Waals surface area contributed by atoms with Gasteiger partial charge in [-0.3, -0.25) is 4.79 Å². The minimum Gasteiger partial charge on any atom is -0.462 e. The summed E-state index contributed by atoms with van der Waals surface area (Å²) in [6.07, 6.45) is 10.5. The van der Waals surface area contributed by atoms with Gasteiger partial charge in [0.2, 0.25) is 0 Å². The number of ether oxygens (including phenoxy) is 1. The highest BCUT2D eigenvalue weighted by Crippen LogP contribution is 2.64. The Bertz CT molecular complexity index is 1170. The molecule has 0 amide bonds. The van der Waals surface area contributed by atoms with E-state index in [1.54, 1.807) is 24.3 Å². The molecule has 4 aliphatic rings. The second-order valence-corrected chi connectivity index (χ2v) is 13.4. The highest BCUT2D eigenvalue weighted by molar-refractivity contribution is 7.89. The third kappa shape index (κ3) is 4.24. The van der Waals surface area contributed by atoms with Crippen molar-refractivity contribution in [2.45, 2.75) is 90.1 Å². The summed E-state index contributed by atoms with van der Waals surface area (Å²) in [6, 6.07) is 6.87. The van der Waals surface area contributed by atoms with E-state index in [1.807, 2.05) is 6.92 Å². The standard InChI is InChI=1S/C28H38N2O4S/c1-18-5-8-22(9-6-18)35(32,33)30-29-26-12-11-24-23-10-7-20-17-21(34-19(2)31)13-15-27(20,3)25(23)14-16-28(24,26)4/h5-9,21,23-25,30H,10-17H2,1-4H3/b29-26+/t21-,23-,24-,25-,27-,28-/m0/s1. The third-order valence-corrected chi connectivity index (χ3v) is 11.0. The first-order valence-corrected chi connectivity index (χ1v) is 14.5. The normalized spacial score (nSPS) is 37.6. The van der Waals surface area contributed by atoms with E-state index in [2.05, 4.69) is 29.9 Å². The maximum absolute atomic E-state index is 12.8. The molecule has 0 aliphatic heterocycles. The zero-order valence-corrected chi connectivity index (χ0v) is 22.2. The van der Waals surface area contributed by atoms with Gasteiger partial charge in [-0.2, -0.15) is 13.5 Å². The summed E-state index contributed by atoms with van der Waals surface area (Å²) in [5, 5.41) is 4.54. The Morgan fingerprint density at radius 2 is 1.74 bits per heavy atom. The number of benzene rings is 1. The Kier molecular flexibility index (Phi) is 6.14. The van der Waals surface area contributed by atoms with Gasteiger partial charge in [-0.05, 0) is 87.2 Å². The molecule has 3 fully saturated rings. The van der Waals surface area contributed by atoms with Crippen molar-refractivity contribution >= 4 is 21.7 Å². The van der Waals surface area contributed by atoms with Gasteiger partial charge < -0.3 is 4.74 Å². The molecule has 7 heteroatoms. The molecule has 0 aromatic heterocycles. The maximum atomic E-state index is 12.8. The molecular weight excluding hydrogens is 460 g/mol. The van der Waals surface area contributed by atoms with Gasteiger partial charge in [0, 0.05) is 24.5 Å². The van der Waals surface area contributed by atoms with Crippen LogP contribution < -0.4 is 4.83 Å².